The zero-order chi connectivity index (χ0) is 32.2. The predicted octanol–water partition coefficient (Wildman–Crippen LogP) is 4.10. The number of carbonyl (C=O) groups is 2. The quantitative estimate of drug-likeness (QED) is 0.120. The van der Waals surface area contributed by atoms with E-state index in [9.17, 15) is 36.4 Å². The predicted molar refractivity (Wildman–Crippen MR) is 147 cm³/mol. The summed E-state index contributed by atoms with van der Waals surface area (Å²) >= 11 is 0. The number of halogens is 3. The smallest absolute Gasteiger partial charge is 0.435 e. The number of nitrogens with one attached hydrogen (secondary N) is 1. The van der Waals surface area contributed by atoms with Crippen LogP contribution in [0.2, 0.25) is 0 Å². The number of aromatic nitrogens is 2. The van der Waals surface area contributed by atoms with E-state index in [4.69, 9.17) is 9.57 Å². The average molecular weight is 639 g/mol. The summed E-state index contributed by atoms with van der Waals surface area (Å²) in [5, 5.41) is 20.4. The first-order valence-corrected chi connectivity index (χ1v) is 14.8. The Morgan fingerprint density at radius 3 is 2.30 bits per heavy atom. The summed E-state index contributed by atoms with van der Waals surface area (Å²) in [6, 6.07) is 12.6. The van der Waals surface area contributed by atoms with Crippen molar-refractivity contribution >= 4 is 21.9 Å². The van der Waals surface area contributed by atoms with Gasteiger partial charge >= 0.3 is 12.1 Å². The van der Waals surface area contributed by atoms with Gasteiger partial charge in [-0.25, -0.2) is 17.8 Å². The lowest BCUT2D eigenvalue weighted by Gasteiger charge is -2.27. The van der Waals surface area contributed by atoms with E-state index in [2.05, 4.69) is 10.4 Å². The number of ether oxygens (including phenoxy) is 1. The van der Waals surface area contributed by atoms with Gasteiger partial charge in [-0.05, 0) is 50.1 Å². The van der Waals surface area contributed by atoms with E-state index in [-0.39, 0.29) is 47.2 Å². The summed E-state index contributed by atoms with van der Waals surface area (Å²) in [6.45, 7) is 4.51. The summed E-state index contributed by atoms with van der Waals surface area (Å²) in [5.41, 5.74) is 0.612. The first kappa shape index (κ1) is 32.2. The fraction of sp³-hybridized carbons (Fsp3) is 0.370. The first-order valence-electron chi connectivity index (χ1n) is 13.3. The molecule has 4 rings (SSSR count). The molecule has 1 aliphatic rings. The van der Waals surface area contributed by atoms with Crippen LogP contribution < -0.4 is 4.72 Å². The summed E-state index contributed by atoms with van der Waals surface area (Å²) in [6.07, 6.45) is -5.52. The van der Waals surface area contributed by atoms with E-state index in [1.807, 2.05) is 11.6 Å². The molecule has 13 nitrogen and oxygen atoms in total. The molecule has 1 fully saturated rings. The van der Waals surface area contributed by atoms with Gasteiger partial charge in [-0.1, -0.05) is 29.8 Å². The number of aryl methyl sites for hydroxylation is 1. The van der Waals surface area contributed by atoms with Gasteiger partial charge in [0, 0.05) is 25.3 Å². The lowest BCUT2D eigenvalue weighted by molar-refractivity contribution is -0.715. The van der Waals surface area contributed by atoms with Crippen LogP contribution in [0.3, 0.4) is 0 Å². The third kappa shape index (κ3) is 7.83. The van der Waals surface area contributed by atoms with Crippen LogP contribution in [0.4, 0.5) is 13.2 Å². The molecule has 2 aromatic carbocycles. The number of piperidine rings is 1. The Kier molecular flexibility index (Phi) is 9.46. The maximum atomic E-state index is 13.5. The molecule has 1 aliphatic heterocycles. The van der Waals surface area contributed by atoms with Gasteiger partial charge in [-0.15, -0.1) is 5.01 Å². The number of sulfonamides is 1. The van der Waals surface area contributed by atoms with Crippen molar-refractivity contribution in [1.82, 2.24) is 19.5 Å². The topological polar surface area (TPSA) is 158 Å². The standard InChI is InChI=1S/C27H29F3N6O7S/c1-17-4-6-20(7-5-17)24-16-25(27(28,29)30)31-35(24)22-8-10-23(11-9-22)44(40,41)32-26(38)21-12-14-34(15-13-21)36(39)33-43-19(3)42-18(2)37/h4-11,16,19,21H,12-15H2,1-3H3,(H,32,38)/b36-33+. The first-order chi connectivity index (χ1) is 20.6. The molecule has 3 aromatic rings. The van der Waals surface area contributed by atoms with E-state index in [0.29, 0.717) is 5.56 Å². The van der Waals surface area contributed by atoms with Crippen LogP contribution in [0, 0.1) is 18.0 Å². The Hall–Kier alpha value is -4.67. The van der Waals surface area contributed by atoms with E-state index in [1.54, 1.807) is 24.3 Å². The highest BCUT2D eigenvalue weighted by molar-refractivity contribution is 7.90. The van der Waals surface area contributed by atoms with Gasteiger partial charge in [0.2, 0.25) is 11.2 Å². The molecule has 1 unspecified atom stereocenters. The molecule has 1 amide bonds. The largest absolute Gasteiger partial charge is 0.569 e. The Balaban J connectivity index is 1.42. The Morgan fingerprint density at radius 1 is 1.11 bits per heavy atom. The molecule has 236 valence electrons. The number of nitrogens with zero attached hydrogens (tertiary/aromatic N) is 5. The Morgan fingerprint density at radius 2 is 1.73 bits per heavy atom. The molecule has 0 spiro atoms. The molecule has 1 N–H and O–H groups in total. The number of hydrogen-bond donors (Lipinski definition) is 1. The van der Waals surface area contributed by atoms with Crippen LogP contribution in [-0.4, -0.2) is 59.4 Å². The Labute approximate surface area is 250 Å². The minimum Gasteiger partial charge on any atom is -0.569 e. The molecule has 1 saturated heterocycles. The molecular formula is C27H29F3N6O7S. The minimum absolute atomic E-state index is 0.0677. The molecule has 44 heavy (non-hydrogen) atoms. The van der Waals surface area contributed by atoms with Gasteiger partial charge in [-0.3, -0.25) is 14.4 Å². The molecule has 17 heteroatoms. The van der Waals surface area contributed by atoms with Crippen molar-refractivity contribution in [1.29, 1.82) is 0 Å². The number of benzene rings is 2. The van der Waals surface area contributed by atoms with Crippen molar-refractivity contribution in [3.05, 3.63) is 71.1 Å². The maximum absolute atomic E-state index is 13.5. The summed E-state index contributed by atoms with van der Waals surface area (Å²) in [5.74, 6) is -2.12. The number of amides is 1. The number of alkyl halides is 3. The van der Waals surface area contributed by atoms with Crippen LogP contribution in [0.5, 0.6) is 0 Å². The molecule has 0 bridgehead atoms. The number of hydrogen-bond acceptors (Lipinski definition) is 9. The van der Waals surface area contributed by atoms with Crippen molar-refractivity contribution in [3.8, 4) is 16.9 Å². The number of carbonyl (C=O) groups excluding carboxylic acids is 2. The summed E-state index contributed by atoms with van der Waals surface area (Å²) < 4.78 is 74.2. The number of esters is 1. The second kappa shape index (κ2) is 12.9. The molecule has 0 aliphatic carbocycles. The highest BCUT2D eigenvalue weighted by atomic mass is 32.2. The van der Waals surface area contributed by atoms with E-state index >= 15 is 0 Å². The summed E-state index contributed by atoms with van der Waals surface area (Å²) in [7, 11) is -4.33. The van der Waals surface area contributed by atoms with Crippen LogP contribution >= 0.6 is 0 Å². The van der Waals surface area contributed by atoms with Crippen molar-refractivity contribution in [2.75, 3.05) is 13.1 Å². The van der Waals surface area contributed by atoms with Crippen molar-refractivity contribution in [3.63, 3.8) is 0 Å². The third-order valence-electron chi connectivity index (χ3n) is 6.66. The lowest BCUT2D eigenvalue weighted by atomic mass is 9.97. The van der Waals surface area contributed by atoms with E-state index in [1.165, 1.54) is 31.0 Å². The second-order valence-corrected chi connectivity index (χ2v) is 11.7. The second-order valence-electron chi connectivity index (χ2n) is 10.00. The van der Waals surface area contributed by atoms with Gasteiger partial charge in [-0.2, -0.15) is 18.3 Å². The van der Waals surface area contributed by atoms with E-state index < -0.39 is 46.0 Å². The van der Waals surface area contributed by atoms with Gasteiger partial charge in [0.25, 0.3) is 16.3 Å². The normalized spacial score (nSPS) is 15.5. The molecular weight excluding hydrogens is 609 g/mol. The van der Waals surface area contributed by atoms with Gasteiger partial charge in [0.1, 0.15) is 0 Å². The zero-order valence-electron chi connectivity index (χ0n) is 23.8. The van der Waals surface area contributed by atoms with Crippen molar-refractivity contribution < 1.29 is 45.7 Å². The van der Waals surface area contributed by atoms with Crippen molar-refractivity contribution in [2.45, 2.75) is 51.0 Å². The van der Waals surface area contributed by atoms with Crippen LogP contribution in [0.1, 0.15) is 37.9 Å². The van der Waals surface area contributed by atoms with Gasteiger partial charge in [0.15, 0.2) is 5.69 Å². The van der Waals surface area contributed by atoms with Crippen LogP contribution in [0.25, 0.3) is 16.9 Å². The molecule has 0 saturated carbocycles. The van der Waals surface area contributed by atoms with Crippen molar-refractivity contribution in [2.24, 2.45) is 11.2 Å². The molecule has 1 atom stereocenters. The maximum Gasteiger partial charge on any atom is 0.435 e. The highest BCUT2D eigenvalue weighted by Gasteiger charge is 2.35. The number of rotatable bonds is 9. The summed E-state index contributed by atoms with van der Waals surface area (Å²) in [4.78, 5) is 28.3. The van der Waals surface area contributed by atoms with Gasteiger partial charge in [0.05, 0.1) is 34.3 Å². The molecule has 0 radical (unpaired) electrons. The SMILES string of the molecule is CC(=O)OC(C)O/N=[N+](/[O-])N1CCC(C(=O)NS(=O)(=O)c2ccc(-n3nc(C(F)(F)F)cc3-c3ccc(C)cc3)cc2)CC1. The van der Waals surface area contributed by atoms with E-state index in [0.717, 1.165) is 28.4 Å². The van der Waals surface area contributed by atoms with Gasteiger partial charge < -0.3 is 9.94 Å². The zero-order valence-corrected chi connectivity index (χ0v) is 24.6. The molecule has 2 heterocycles. The van der Waals surface area contributed by atoms with Crippen LogP contribution in [0.15, 0.2) is 64.8 Å². The lowest BCUT2D eigenvalue weighted by Crippen LogP contribution is -2.44. The monoisotopic (exact) mass is 638 g/mol. The fourth-order valence-corrected chi connectivity index (χ4v) is 5.44. The average Bonchev–Trinajstić information content (AvgIpc) is 3.42. The van der Waals surface area contributed by atoms with Crippen LogP contribution in [-0.2, 0) is 35.4 Å². The highest BCUT2D eigenvalue weighted by Crippen LogP contribution is 2.33. The Bertz CT molecular complexity index is 1630. The third-order valence-corrected chi connectivity index (χ3v) is 8.02. The molecule has 1 aromatic heterocycles. The fourth-order valence-electron chi connectivity index (χ4n) is 4.40. The minimum atomic E-state index is -4.70. The number of hydrazine groups is 1.